The number of rotatable bonds is 8. The quantitative estimate of drug-likeness (QED) is 0.296. The van der Waals surface area contributed by atoms with Crippen molar-refractivity contribution in [3.63, 3.8) is 0 Å². The predicted octanol–water partition coefficient (Wildman–Crippen LogP) is 4.65. The summed E-state index contributed by atoms with van der Waals surface area (Å²) in [5.74, 6) is -0.299. The van der Waals surface area contributed by atoms with Gasteiger partial charge in [0.05, 0.1) is 10.6 Å². The molecule has 0 aliphatic rings. The molecule has 0 saturated heterocycles. The Labute approximate surface area is 187 Å². The number of aromatic nitrogens is 2. The van der Waals surface area contributed by atoms with E-state index in [4.69, 9.17) is 4.42 Å². The Kier molecular flexibility index (Phi) is 6.33. The van der Waals surface area contributed by atoms with Crippen LogP contribution in [0.25, 0.3) is 11.5 Å². The molecule has 3 aromatic carbocycles. The topological polar surface area (TPSA) is 102 Å². The van der Waals surface area contributed by atoms with Crippen molar-refractivity contribution in [3.05, 3.63) is 90.2 Å². The largest absolute Gasteiger partial charge is 0.411 e. The lowest BCUT2D eigenvalue weighted by Crippen LogP contribution is -2.12. The number of ketones is 1. The molecular weight excluding hydrogens is 453 g/mol. The SMILES string of the molecule is O=C(CSc1nnc(-c2ccc(NS(=O)(=O)c3ccccc3)cc2)o1)c1ccc(F)cc1. The van der Waals surface area contributed by atoms with Gasteiger partial charge < -0.3 is 4.42 Å². The fourth-order valence-electron chi connectivity index (χ4n) is 2.73. The molecule has 32 heavy (non-hydrogen) atoms. The van der Waals surface area contributed by atoms with Gasteiger partial charge in [-0.2, -0.15) is 0 Å². The summed E-state index contributed by atoms with van der Waals surface area (Å²) >= 11 is 1.08. The van der Waals surface area contributed by atoms with E-state index in [-0.39, 0.29) is 27.5 Å². The van der Waals surface area contributed by atoms with Crippen molar-refractivity contribution in [2.75, 3.05) is 10.5 Å². The molecule has 0 radical (unpaired) electrons. The predicted molar refractivity (Wildman–Crippen MR) is 118 cm³/mol. The second-order valence-corrected chi connectivity index (χ2v) is 9.20. The highest BCUT2D eigenvalue weighted by Crippen LogP contribution is 2.25. The van der Waals surface area contributed by atoms with E-state index in [1.54, 1.807) is 42.5 Å². The highest BCUT2D eigenvalue weighted by Gasteiger charge is 2.15. The molecule has 0 saturated carbocycles. The summed E-state index contributed by atoms with van der Waals surface area (Å²) in [6, 6.07) is 19.8. The number of nitrogens with one attached hydrogen (secondary N) is 1. The summed E-state index contributed by atoms with van der Waals surface area (Å²) in [5, 5.41) is 8.09. The molecule has 0 aliphatic heterocycles. The first-order chi connectivity index (χ1) is 15.4. The summed E-state index contributed by atoms with van der Waals surface area (Å²) in [4.78, 5) is 12.3. The summed E-state index contributed by atoms with van der Waals surface area (Å²) in [7, 11) is -3.69. The zero-order valence-electron chi connectivity index (χ0n) is 16.4. The molecule has 10 heteroatoms. The summed E-state index contributed by atoms with van der Waals surface area (Å²) in [5.41, 5.74) is 1.38. The highest BCUT2D eigenvalue weighted by molar-refractivity contribution is 7.99. The third-order valence-corrected chi connectivity index (χ3v) is 6.55. The first kappa shape index (κ1) is 21.7. The zero-order chi connectivity index (χ0) is 22.6. The molecule has 0 spiro atoms. The van der Waals surface area contributed by atoms with Gasteiger partial charge >= 0.3 is 0 Å². The molecule has 0 aliphatic carbocycles. The minimum Gasteiger partial charge on any atom is -0.411 e. The van der Waals surface area contributed by atoms with Gasteiger partial charge in [0.2, 0.25) is 5.89 Å². The van der Waals surface area contributed by atoms with Gasteiger partial charge in [0.15, 0.2) is 5.78 Å². The van der Waals surface area contributed by atoms with Gasteiger partial charge in [0.1, 0.15) is 5.82 Å². The smallest absolute Gasteiger partial charge is 0.277 e. The maximum atomic E-state index is 13.0. The van der Waals surface area contributed by atoms with Crippen LogP contribution in [0.3, 0.4) is 0 Å². The van der Waals surface area contributed by atoms with Crippen LogP contribution in [0.4, 0.5) is 10.1 Å². The van der Waals surface area contributed by atoms with Gasteiger partial charge in [-0.25, -0.2) is 12.8 Å². The van der Waals surface area contributed by atoms with E-state index in [0.717, 1.165) is 11.8 Å². The van der Waals surface area contributed by atoms with Crippen LogP contribution in [0, 0.1) is 5.82 Å². The number of Topliss-reactive ketones (excluding diaryl/α,β-unsaturated/α-hetero) is 1. The van der Waals surface area contributed by atoms with Crippen LogP contribution in [-0.2, 0) is 10.0 Å². The molecule has 4 rings (SSSR count). The molecule has 0 bridgehead atoms. The Morgan fingerprint density at radius 1 is 0.938 bits per heavy atom. The van der Waals surface area contributed by atoms with Crippen molar-refractivity contribution in [1.29, 1.82) is 0 Å². The molecule has 1 aromatic heterocycles. The van der Waals surface area contributed by atoms with Gasteiger partial charge in [0, 0.05) is 16.8 Å². The lowest BCUT2D eigenvalue weighted by Gasteiger charge is -2.08. The van der Waals surface area contributed by atoms with E-state index in [1.807, 2.05) is 0 Å². The molecule has 0 fully saturated rings. The van der Waals surface area contributed by atoms with Crippen molar-refractivity contribution in [3.8, 4) is 11.5 Å². The van der Waals surface area contributed by atoms with Gasteiger partial charge in [-0.15, -0.1) is 10.2 Å². The molecule has 0 amide bonds. The highest BCUT2D eigenvalue weighted by atomic mass is 32.2. The minimum absolute atomic E-state index is 0.0630. The van der Waals surface area contributed by atoms with Crippen LogP contribution in [0.1, 0.15) is 10.4 Å². The number of carbonyl (C=O) groups is 1. The van der Waals surface area contributed by atoms with Crippen LogP contribution < -0.4 is 4.72 Å². The van der Waals surface area contributed by atoms with E-state index < -0.39 is 15.8 Å². The minimum atomic E-state index is -3.69. The lowest BCUT2D eigenvalue weighted by molar-refractivity contribution is 0.102. The Balaban J connectivity index is 1.39. The first-order valence-electron chi connectivity index (χ1n) is 9.34. The summed E-state index contributed by atoms with van der Waals surface area (Å²) in [6.07, 6.45) is 0. The van der Waals surface area contributed by atoms with Gasteiger partial charge in [0.25, 0.3) is 15.2 Å². The number of carbonyl (C=O) groups excluding carboxylic acids is 1. The Morgan fingerprint density at radius 2 is 1.62 bits per heavy atom. The normalized spacial score (nSPS) is 11.3. The molecular formula is C22H16FN3O4S2. The zero-order valence-corrected chi connectivity index (χ0v) is 18.1. The number of nitrogens with zero attached hydrogens (tertiary/aromatic N) is 2. The lowest BCUT2D eigenvalue weighted by atomic mass is 10.1. The van der Waals surface area contributed by atoms with E-state index in [2.05, 4.69) is 14.9 Å². The average Bonchev–Trinajstić information content (AvgIpc) is 3.28. The molecule has 1 N–H and O–H groups in total. The Hall–Kier alpha value is -3.50. The molecule has 1 heterocycles. The second-order valence-electron chi connectivity index (χ2n) is 6.59. The van der Waals surface area contributed by atoms with Gasteiger partial charge in [-0.1, -0.05) is 30.0 Å². The number of halogens is 1. The van der Waals surface area contributed by atoms with Crippen molar-refractivity contribution in [2.45, 2.75) is 10.1 Å². The van der Waals surface area contributed by atoms with Crippen LogP contribution in [0.15, 0.2) is 93.4 Å². The third kappa shape index (κ3) is 5.21. The number of benzene rings is 3. The van der Waals surface area contributed by atoms with Crippen molar-refractivity contribution < 1.29 is 22.0 Å². The third-order valence-electron chi connectivity index (χ3n) is 4.34. The van der Waals surface area contributed by atoms with E-state index >= 15 is 0 Å². The van der Waals surface area contributed by atoms with Crippen molar-refractivity contribution in [1.82, 2.24) is 10.2 Å². The van der Waals surface area contributed by atoms with E-state index in [9.17, 15) is 17.6 Å². The van der Waals surface area contributed by atoms with Gasteiger partial charge in [-0.3, -0.25) is 9.52 Å². The molecule has 162 valence electrons. The number of hydrogen-bond acceptors (Lipinski definition) is 7. The number of sulfonamides is 1. The van der Waals surface area contributed by atoms with Gasteiger partial charge in [-0.05, 0) is 60.7 Å². The molecule has 7 nitrogen and oxygen atoms in total. The number of anilines is 1. The van der Waals surface area contributed by atoms with E-state index in [0.29, 0.717) is 16.8 Å². The van der Waals surface area contributed by atoms with Crippen LogP contribution in [0.5, 0.6) is 0 Å². The van der Waals surface area contributed by atoms with E-state index in [1.165, 1.54) is 36.4 Å². The summed E-state index contributed by atoms with van der Waals surface area (Å²) < 4.78 is 45.9. The Bertz CT molecular complexity index is 1320. The fourth-order valence-corrected chi connectivity index (χ4v) is 4.46. The maximum absolute atomic E-state index is 13.0. The monoisotopic (exact) mass is 469 g/mol. The molecule has 0 atom stereocenters. The number of hydrogen-bond donors (Lipinski definition) is 1. The molecule has 0 unspecified atom stereocenters. The average molecular weight is 470 g/mol. The number of thioether (sulfide) groups is 1. The summed E-state index contributed by atoms with van der Waals surface area (Å²) in [6.45, 7) is 0. The first-order valence-corrected chi connectivity index (χ1v) is 11.8. The maximum Gasteiger partial charge on any atom is 0.277 e. The molecule has 4 aromatic rings. The van der Waals surface area contributed by atoms with Crippen molar-refractivity contribution in [2.24, 2.45) is 0 Å². The standard InChI is InChI=1S/C22H16FN3O4S2/c23-17-10-6-15(7-11-17)20(27)14-31-22-25-24-21(30-22)16-8-12-18(13-9-16)26-32(28,29)19-4-2-1-3-5-19/h1-13,26H,14H2. The van der Waals surface area contributed by atoms with Crippen LogP contribution in [0.2, 0.25) is 0 Å². The fraction of sp³-hybridized carbons (Fsp3) is 0.0455. The van der Waals surface area contributed by atoms with Crippen molar-refractivity contribution >= 4 is 33.3 Å². The second kappa shape index (κ2) is 9.33. The Morgan fingerprint density at radius 3 is 2.31 bits per heavy atom. The van der Waals surface area contributed by atoms with Crippen LogP contribution >= 0.6 is 11.8 Å². The van der Waals surface area contributed by atoms with Crippen LogP contribution in [-0.4, -0.2) is 30.2 Å².